The van der Waals surface area contributed by atoms with Gasteiger partial charge in [-0.1, -0.05) is 0 Å². The van der Waals surface area contributed by atoms with Crippen molar-refractivity contribution < 1.29 is 19.1 Å². The highest BCUT2D eigenvalue weighted by molar-refractivity contribution is 5.79. The summed E-state index contributed by atoms with van der Waals surface area (Å²) in [4.78, 5) is 25.4. The van der Waals surface area contributed by atoms with Gasteiger partial charge in [0.25, 0.3) is 0 Å². The van der Waals surface area contributed by atoms with Crippen molar-refractivity contribution in [3.05, 3.63) is 17.0 Å². The van der Waals surface area contributed by atoms with E-state index in [4.69, 9.17) is 4.74 Å². The number of hydrogen-bond donors (Lipinski definition) is 1. The molecule has 1 aliphatic rings. The van der Waals surface area contributed by atoms with E-state index >= 15 is 0 Å². The maximum absolute atomic E-state index is 12.4. The molecule has 21 heavy (non-hydrogen) atoms. The van der Waals surface area contributed by atoms with Crippen molar-refractivity contribution in [2.45, 2.75) is 32.8 Å². The highest BCUT2D eigenvalue weighted by atomic mass is 16.5. The van der Waals surface area contributed by atoms with Crippen LogP contribution in [0.2, 0.25) is 0 Å². The van der Waals surface area contributed by atoms with Crippen molar-refractivity contribution in [3.63, 3.8) is 0 Å². The average molecular weight is 295 g/mol. The maximum Gasteiger partial charge on any atom is 0.308 e. The Bertz CT molecular complexity index is 507. The van der Waals surface area contributed by atoms with Crippen molar-refractivity contribution in [1.82, 2.24) is 15.1 Å². The van der Waals surface area contributed by atoms with Crippen LogP contribution in [0.5, 0.6) is 0 Å². The first-order valence-corrected chi connectivity index (χ1v) is 6.98. The molecule has 0 aliphatic carbocycles. The van der Waals surface area contributed by atoms with Crippen molar-refractivity contribution >= 4 is 11.9 Å². The van der Waals surface area contributed by atoms with E-state index in [-0.39, 0.29) is 24.4 Å². The minimum atomic E-state index is -0.323. The van der Waals surface area contributed by atoms with Gasteiger partial charge in [0.1, 0.15) is 0 Å². The van der Waals surface area contributed by atoms with Gasteiger partial charge in [0.05, 0.1) is 38.4 Å². The first-order chi connectivity index (χ1) is 10.0. The molecule has 2 heterocycles. The molecule has 1 amide bonds. The van der Waals surface area contributed by atoms with E-state index in [0.29, 0.717) is 26.1 Å². The molecular formula is C14H21N3O4. The van der Waals surface area contributed by atoms with E-state index < -0.39 is 0 Å². The number of ether oxygens (including phenoxy) is 2. The third-order valence-corrected chi connectivity index (χ3v) is 3.72. The number of carbonyl (C=O) groups is 2. The van der Waals surface area contributed by atoms with E-state index in [0.717, 1.165) is 17.0 Å². The number of nitrogens with one attached hydrogen (secondary N) is 1. The summed E-state index contributed by atoms with van der Waals surface area (Å²) in [5, 5.41) is 6.98. The fourth-order valence-corrected chi connectivity index (χ4v) is 2.44. The summed E-state index contributed by atoms with van der Waals surface area (Å²) >= 11 is 0. The van der Waals surface area contributed by atoms with Crippen LogP contribution in [-0.2, 0) is 25.5 Å². The summed E-state index contributed by atoms with van der Waals surface area (Å²) in [6.45, 7) is 5.19. The van der Waals surface area contributed by atoms with Gasteiger partial charge in [-0.05, 0) is 13.8 Å². The predicted octanol–water partition coefficient (Wildman–Crippen LogP) is 0.360. The molecule has 1 atom stereocenters. The van der Waals surface area contributed by atoms with E-state index in [9.17, 15) is 9.59 Å². The Morgan fingerprint density at radius 2 is 2.24 bits per heavy atom. The molecule has 1 unspecified atom stereocenters. The van der Waals surface area contributed by atoms with Gasteiger partial charge in [-0.15, -0.1) is 0 Å². The van der Waals surface area contributed by atoms with Gasteiger partial charge in [0.15, 0.2) is 0 Å². The van der Waals surface area contributed by atoms with Gasteiger partial charge in [-0.3, -0.25) is 14.7 Å². The van der Waals surface area contributed by atoms with Gasteiger partial charge < -0.3 is 14.4 Å². The second kappa shape index (κ2) is 6.71. The molecule has 0 spiro atoms. The highest BCUT2D eigenvalue weighted by Gasteiger charge is 2.27. The summed E-state index contributed by atoms with van der Waals surface area (Å²) in [5.74, 6) is -0.295. The third-order valence-electron chi connectivity index (χ3n) is 3.72. The fourth-order valence-electron chi connectivity index (χ4n) is 2.44. The number of esters is 1. The number of H-pyrrole nitrogens is 1. The molecule has 0 aromatic carbocycles. The van der Waals surface area contributed by atoms with E-state index in [2.05, 4.69) is 14.9 Å². The number of nitrogens with zero attached hydrogens (tertiary/aromatic N) is 2. The zero-order chi connectivity index (χ0) is 15.4. The van der Waals surface area contributed by atoms with Crippen molar-refractivity contribution in [2.24, 2.45) is 0 Å². The SMILES string of the molecule is COC(=O)CC1CN(C(=O)Cc2c(C)n[nH]c2C)CCO1. The van der Waals surface area contributed by atoms with Gasteiger partial charge in [-0.2, -0.15) is 5.10 Å². The molecule has 7 nitrogen and oxygen atoms in total. The van der Waals surface area contributed by atoms with E-state index in [1.54, 1.807) is 4.90 Å². The van der Waals surface area contributed by atoms with E-state index in [1.165, 1.54) is 7.11 Å². The minimum absolute atomic E-state index is 0.0285. The lowest BCUT2D eigenvalue weighted by molar-refractivity contribution is -0.149. The van der Waals surface area contributed by atoms with Crippen LogP contribution in [0.1, 0.15) is 23.4 Å². The van der Waals surface area contributed by atoms with Gasteiger partial charge in [0.2, 0.25) is 5.91 Å². The lowest BCUT2D eigenvalue weighted by atomic mass is 10.1. The third kappa shape index (κ3) is 3.81. The van der Waals surface area contributed by atoms with Crippen LogP contribution >= 0.6 is 0 Å². The molecule has 1 fully saturated rings. The van der Waals surface area contributed by atoms with Crippen molar-refractivity contribution in [2.75, 3.05) is 26.8 Å². The second-order valence-corrected chi connectivity index (χ2v) is 5.20. The number of aromatic nitrogens is 2. The Hall–Kier alpha value is -1.89. The molecule has 116 valence electrons. The van der Waals surface area contributed by atoms with Crippen LogP contribution in [0, 0.1) is 13.8 Å². The summed E-state index contributed by atoms with van der Waals surface area (Å²) in [7, 11) is 1.35. The monoisotopic (exact) mass is 295 g/mol. The summed E-state index contributed by atoms with van der Waals surface area (Å²) in [5.41, 5.74) is 2.71. The normalized spacial score (nSPS) is 18.6. The zero-order valence-corrected chi connectivity index (χ0v) is 12.6. The largest absolute Gasteiger partial charge is 0.469 e. The van der Waals surface area contributed by atoms with Crippen molar-refractivity contribution in [1.29, 1.82) is 0 Å². The molecular weight excluding hydrogens is 274 g/mol. The summed E-state index contributed by atoms with van der Waals surface area (Å²) in [6, 6.07) is 0. The quantitative estimate of drug-likeness (QED) is 0.811. The van der Waals surface area contributed by atoms with E-state index in [1.807, 2.05) is 13.8 Å². The van der Waals surface area contributed by atoms with Gasteiger partial charge in [-0.25, -0.2) is 0 Å². The molecule has 7 heteroatoms. The standard InChI is InChI=1S/C14H21N3O4/c1-9-12(10(2)16-15-9)7-13(18)17-4-5-21-11(8-17)6-14(19)20-3/h11H,4-8H2,1-3H3,(H,15,16). The first kappa shape index (κ1) is 15.5. The van der Waals surface area contributed by atoms with Crippen molar-refractivity contribution in [3.8, 4) is 0 Å². The number of hydrogen-bond acceptors (Lipinski definition) is 5. The zero-order valence-electron chi connectivity index (χ0n) is 12.6. The number of amides is 1. The number of morpholine rings is 1. The fraction of sp³-hybridized carbons (Fsp3) is 0.643. The Kier molecular flexibility index (Phi) is 4.95. The number of methoxy groups -OCH3 is 1. The molecule has 0 radical (unpaired) electrons. The Morgan fingerprint density at radius 3 is 2.86 bits per heavy atom. The average Bonchev–Trinajstić information content (AvgIpc) is 2.79. The Labute approximate surface area is 123 Å². The number of aromatic amines is 1. The lowest BCUT2D eigenvalue weighted by Crippen LogP contribution is -2.47. The number of carbonyl (C=O) groups excluding carboxylic acids is 2. The highest BCUT2D eigenvalue weighted by Crippen LogP contribution is 2.14. The second-order valence-electron chi connectivity index (χ2n) is 5.20. The number of aryl methyl sites for hydroxylation is 2. The van der Waals surface area contributed by atoms with Crippen LogP contribution in [-0.4, -0.2) is 59.9 Å². The van der Waals surface area contributed by atoms with Crippen LogP contribution in [0.3, 0.4) is 0 Å². The molecule has 0 bridgehead atoms. The number of rotatable bonds is 4. The van der Waals surface area contributed by atoms with Crippen LogP contribution in [0.25, 0.3) is 0 Å². The maximum atomic E-state index is 12.4. The van der Waals surface area contributed by atoms with Crippen LogP contribution in [0.15, 0.2) is 0 Å². The molecule has 1 N–H and O–H groups in total. The lowest BCUT2D eigenvalue weighted by Gasteiger charge is -2.32. The Morgan fingerprint density at radius 1 is 1.48 bits per heavy atom. The van der Waals surface area contributed by atoms with Crippen LogP contribution in [0.4, 0.5) is 0 Å². The minimum Gasteiger partial charge on any atom is -0.469 e. The van der Waals surface area contributed by atoms with Crippen LogP contribution < -0.4 is 0 Å². The topological polar surface area (TPSA) is 84.5 Å². The van der Waals surface area contributed by atoms with Gasteiger partial charge >= 0.3 is 5.97 Å². The molecule has 1 aliphatic heterocycles. The predicted molar refractivity (Wildman–Crippen MR) is 74.7 cm³/mol. The molecule has 2 rings (SSSR count). The molecule has 1 aromatic rings. The smallest absolute Gasteiger partial charge is 0.308 e. The van der Waals surface area contributed by atoms with Gasteiger partial charge in [0, 0.05) is 24.3 Å². The first-order valence-electron chi connectivity index (χ1n) is 6.98. The molecule has 1 aromatic heterocycles. The molecule has 1 saturated heterocycles. The summed E-state index contributed by atoms with van der Waals surface area (Å²) in [6.07, 6.45) is 0.199. The molecule has 0 saturated carbocycles. The Balaban J connectivity index is 1.94. The summed E-state index contributed by atoms with van der Waals surface area (Å²) < 4.78 is 10.1.